The minimum Gasteiger partial charge on any atom is -0.497 e. The van der Waals surface area contributed by atoms with Crippen LogP contribution in [0, 0.1) is 0 Å². The second-order valence-corrected chi connectivity index (χ2v) is 5.37. The lowest BCUT2D eigenvalue weighted by atomic mass is 10.1. The summed E-state index contributed by atoms with van der Waals surface area (Å²) in [6, 6.07) is 14.2. The molecular weight excluding hydrogens is 308 g/mol. The molecule has 1 heterocycles. The Morgan fingerprint density at radius 2 is 2.08 bits per heavy atom. The van der Waals surface area contributed by atoms with Crippen molar-refractivity contribution >= 4 is 17.5 Å². The number of hydrogen-bond acceptors (Lipinski definition) is 4. The van der Waals surface area contributed by atoms with Crippen LogP contribution in [0.3, 0.4) is 0 Å². The third-order valence-corrected chi connectivity index (χ3v) is 3.73. The molecule has 0 spiro atoms. The Kier molecular flexibility index (Phi) is 4.65. The van der Waals surface area contributed by atoms with Crippen molar-refractivity contribution in [1.29, 1.82) is 0 Å². The molecule has 1 unspecified atom stereocenters. The lowest BCUT2D eigenvalue weighted by Crippen LogP contribution is -2.39. The molecule has 24 heavy (non-hydrogen) atoms. The van der Waals surface area contributed by atoms with Gasteiger partial charge in [0.1, 0.15) is 11.5 Å². The third-order valence-electron chi connectivity index (χ3n) is 3.73. The van der Waals surface area contributed by atoms with Crippen molar-refractivity contribution in [2.24, 2.45) is 0 Å². The molecule has 0 aromatic heterocycles. The van der Waals surface area contributed by atoms with Crippen LogP contribution in [0.5, 0.6) is 11.5 Å². The van der Waals surface area contributed by atoms with Gasteiger partial charge in [-0.2, -0.15) is 0 Å². The number of carbonyl (C=O) groups excluding carboxylic acids is 2. The second kappa shape index (κ2) is 7.04. The molecule has 0 fully saturated rings. The van der Waals surface area contributed by atoms with E-state index in [-0.39, 0.29) is 11.8 Å². The van der Waals surface area contributed by atoms with Gasteiger partial charge in [0.2, 0.25) is 0 Å². The van der Waals surface area contributed by atoms with E-state index in [2.05, 4.69) is 10.6 Å². The lowest BCUT2D eigenvalue weighted by Gasteiger charge is -2.25. The Bertz CT molecular complexity index is 760. The van der Waals surface area contributed by atoms with Crippen LogP contribution in [0.2, 0.25) is 0 Å². The third kappa shape index (κ3) is 3.48. The maximum Gasteiger partial charge on any atom is 0.265 e. The number of methoxy groups -OCH3 is 1. The second-order valence-electron chi connectivity index (χ2n) is 5.37. The predicted molar refractivity (Wildman–Crippen MR) is 89.4 cm³/mol. The number of amides is 2. The Morgan fingerprint density at radius 1 is 1.25 bits per heavy atom. The van der Waals surface area contributed by atoms with E-state index < -0.39 is 6.10 Å². The van der Waals surface area contributed by atoms with Gasteiger partial charge in [-0.05, 0) is 30.3 Å². The van der Waals surface area contributed by atoms with Crippen molar-refractivity contribution in [2.75, 3.05) is 19.0 Å². The normalized spacial score (nSPS) is 15.7. The van der Waals surface area contributed by atoms with Crippen molar-refractivity contribution < 1.29 is 19.1 Å². The van der Waals surface area contributed by atoms with E-state index in [1.807, 2.05) is 12.1 Å². The number of hydrogen-bond donors (Lipinski definition) is 2. The first kappa shape index (κ1) is 15.9. The van der Waals surface area contributed by atoms with Crippen molar-refractivity contribution in [1.82, 2.24) is 5.32 Å². The Hall–Kier alpha value is -3.02. The molecule has 2 aromatic carbocycles. The molecule has 0 saturated carbocycles. The van der Waals surface area contributed by atoms with Crippen LogP contribution in [0.1, 0.15) is 16.8 Å². The van der Waals surface area contributed by atoms with Gasteiger partial charge < -0.3 is 20.1 Å². The fourth-order valence-electron chi connectivity index (χ4n) is 2.47. The lowest BCUT2D eigenvalue weighted by molar-refractivity contribution is -0.123. The fraction of sp³-hybridized carbons (Fsp3) is 0.222. The quantitative estimate of drug-likeness (QED) is 0.883. The fourth-order valence-corrected chi connectivity index (χ4v) is 2.47. The van der Waals surface area contributed by atoms with Crippen LogP contribution < -0.4 is 20.1 Å². The number of anilines is 1. The van der Waals surface area contributed by atoms with Crippen molar-refractivity contribution in [3.63, 3.8) is 0 Å². The van der Waals surface area contributed by atoms with Crippen LogP contribution >= 0.6 is 0 Å². The number of rotatable bonds is 5. The highest BCUT2D eigenvalue weighted by atomic mass is 16.5. The molecule has 6 nitrogen and oxygen atoms in total. The zero-order chi connectivity index (χ0) is 16.9. The van der Waals surface area contributed by atoms with Gasteiger partial charge in [-0.3, -0.25) is 9.59 Å². The summed E-state index contributed by atoms with van der Waals surface area (Å²) in [5, 5.41) is 5.59. The molecule has 0 aliphatic carbocycles. The highest BCUT2D eigenvalue weighted by Gasteiger charge is 2.27. The van der Waals surface area contributed by atoms with Crippen molar-refractivity contribution in [2.45, 2.75) is 12.5 Å². The van der Waals surface area contributed by atoms with Gasteiger partial charge in [-0.1, -0.05) is 18.2 Å². The van der Waals surface area contributed by atoms with Gasteiger partial charge in [0.25, 0.3) is 11.8 Å². The summed E-state index contributed by atoms with van der Waals surface area (Å²) in [6.45, 7) is 0.330. The average Bonchev–Trinajstić information content (AvgIpc) is 2.62. The molecule has 2 N–H and O–H groups in total. The van der Waals surface area contributed by atoms with Gasteiger partial charge >= 0.3 is 0 Å². The van der Waals surface area contributed by atoms with E-state index in [1.54, 1.807) is 43.5 Å². The van der Waals surface area contributed by atoms with Crippen LogP contribution in [-0.2, 0) is 4.79 Å². The SMILES string of the molecule is COc1cccc(C(=O)NCCC2Oc3ccccc3NC2=O)c1. The van der Waals surface area contributed by atoms with E-state index in [4.69, 9.17) is 9.47 Å². The number of carbonyl (C=O) groups is 2. The number of nitrogens with one attached hydrogen (secondary N) is 2. The summed E-state index contributed by atoms with van der Waals surface area (Å²) < 4.78 is 10.8. The van der Waals surface area contributed by atoms with E-state index in [1.165, 1.54) is 0 Å². The zero-order valence-electron chi connectivity index (χ0n) is 13.2. The molecule has 0 radical (unpaired) electrons. The first-order valence-electron chi connectivity index (χ1n) is 7.66. The molecule has 3 rings (SSSR count). The van der Waals surface area contributed by atoms with Crippen LogP contribution in [-0.4, -0.2) is 31.6 Å². The van der Waals surface area contributed by atoms with Crippen molar-refractivity contribution in [3.8, 4) is 11.5 Å². The maximum atomic E-state index is 12.1. The number of fused-ring (bicyclic) bond motifs is 1. The Morgan fingerprint density at radius 3 is 2.92 bits per heavy atom. The Balaban J connectivity index is 1.55. The highest BCUT2D eigenvalue weighted by Crippen LogP contribution is 2.29. The van der Waals surface area contributed by atoms with E-state index >= 15 is 0 Å². The molecule has 0 saturated heterocycles. The molecule has 1 atom stereocenters. The molecule has 1 aliphatic rings. The molecule has 6 heteroatoms. The molecular formula is C18H18N2O4. The molecule has 1 aliphatic heterocycles. The zero-order valence-corrected chi connectivity index (χ0v) is 13.2. The van der Waals surface area contributed by atoms with E-state index in [0.717, 1.165) is 0 Å². The number of para-hydroxylation sites is 2. The standard InChI is InChI=1S/C18H18N2O4/c1-23-13-6-4-5-12(11-13)17(21)19-10-9-16-18(22)20-14-7-2-3-8-15(14)24-16/h2-8,11,16H,9-10H2,1H3,(H,19,21)(H,20,22). The summed E-state index contributed by atoms with van der Waals surface area (Å²) in [6.07, 6.45) is -0.235. The molecule has 0 bridgehead atoms. The average molecular weight is 326 g/mol. The minimum absolute atomic E-state index is 0.204. The van der Waals surface area contributed by atoms with Crippen LogP contribution in [0.15, 0.2) is 48.5 Å². The summed E-state index contributed by atoms with van der Waals surface area (Å²) in [7, 11) is 1.55. The summed E-state index contributed by atoms with van der Waals surface area (Å²) in [5.74, 6) is 0.838. The van der Waals surface area contributed by atoms with Crippen molar-refractivity contribution in [3.05, 3.63) is 54.1 Å². The van der Waals surface area contributed by atoms with Gasteiger partial charge in [0.15, 0.2) is 6.10 Å². The highest BCUT2D eigenvalue weighted by molar-refractivity contribution is 5.98. The minimum atomic E-state index is -0.620. The number of ether oxygens (including phenoxy) is 2. The number of benzene rings is 2. The molecule has 2 aromatic rings. The molecule has 2 amide bonds. The van der Waals surface area contributed by atoms with Crippen LogP contribution in [0.25, 0.3) is 0 Å². The smallest absolute Gasteiger partial charge is 0.265 e. The van der Waals surface area contributed by atoms with Gasteiger partial charge in [0, 0.05) is 18.5 Å². The Labute approximate surface area is 139 Å². The van der Waals surface area contributed by atoms with Gasteiger partial charge in [0.05, 0.1) is 12.8 Å². The van der Waals surface area contributed by atoms with Crippen LogP contribution in [0.4, 0.5) is 5.69 Å². The molecule has 124 valence electrons. The maximum absolute atomic E-state index is 12.1. The largest absolute Gasteiger partial charge is 0.497 e. The topological polar surface area (TPSA) is 76.7 Å². The van der Waals surface area contributed by atoms with E-state index in [9.17, 15) is 9.59 Å². The summed E-state index contributed by atoms with van der Waals surface area (Å²) in [5.41, 5.74) is 1.17. The first-order valence-corrected chi connectivity index (χ1v) is 7.66. The predicted octanol–water partition coefficient (Wildman–Crippen LogP) is 2.21. The van der Waals surface area contributed by atoms with Gasteiger partial charge in [-0.25, -0.2) is 0 Å². The van der Waals surface area contributed by atoms with E-state index in [0.29, 0.717) is 35.7 Å². The first-order chi connectivity index (χ1) is 11.7. The summed E-state index contributed by atoms with van der Waals surface area (Å²) >= 11 is 0. The monoisotopic (exact) mass is 326 g/mol. The van der Waals surface area contributed by atoms with Gasteiger partial charge in [-0.15, -0.1) is 0 Å². The summed E-state index contributed by atoms with van der Waals surface area (Å²) in [4.78, 5) is 24.1.